The molecule has 8 nitrogen and oxygen atoms in total. The maximum Gasteiger partial charge on any atom is 0.260 e. The summed E-state index contributed by atoms with van der Waals surface area (Å²) in [5, 5.41) is 13.9. The Hall–Kier alpha value is -2.78. The second-order valence-corrected chi connectivity index (χ2v) is 8.42. The number of rotatable bonds is 8. The third kappa shape index (κ3) is 6.10. The summed E-state index contributed by atoms with van der Waals surface area (Å²) in [5.41, 5.74) is 3.74. The van der Waals surface area contributed by atoms with E-state index in [0.717, 1.165) is 10.6 Å². The highest BCUT2D eigenvalue weighted by Crippen LogP contribution is 2.28. The quantitative estimate of drug-likeness (QED) is 0.485. The molecule has 0 atom stereocenters. The smallest absolute Gasteiger partial charge is 0.260 e. The van der Waals surface area contributed by atoms with Gasteiger partial charge in [-0.05, 0) is 55.3 Å². The van der Waals surface area contributed by atoms with Crippen LogP contribution in [0, 0.1) is 6.92 Å². The van der Waals surface area contributed by atoms with E-state index in [1.54, 1.807) is 44.2 Å². The molecule has 0 unspecified atom stereocenters. The first-order chi connectivity index (χ1) is 13.6. The van der Waals surface area contributed by atoms with Crippen molar-refractivity contribution in [3.63, 3.8) is 0 Å². The summed E-state index contributed by atoms with van der Waals surface area (Å²) in [4.78, 5) is 12.3. The molecule has 0 heterocycles. The molecule has 2 N–H and O–H groups in total. The monoisotopic (exact) mass is 439 g/mol. The molecule has 0 radical (unpaired) electrons. The van der Waals surface area contributed by atoms with Crippen LogP contribution >= 0.6 is 11.6 Å². The van der Waals surface area contributed by atoms with Crippen molar-refractivity contribution >= 4 is 39.4 Å². The standard InChI is InChI=1S/C19H22ClN3O5S/c1-4-28-18-10-14(8-9-17(18)24)11-21-22-19(25)12-23(29(3,26)27)16-7-5-6-15(20)13(16)2/h5-11,24H,4,12H2,1-3H3,(H,22,25)/b21-11-. The van der Waals surface area contributed by atoms with Crippen molar-refractivity contribution in [3.05, 3.63) is 52.5 Å². The summed E-state index contributed by atoms with van der Waals surface area (Å²) >= 11 is 6.07. The van der Waals surface area contributed by atoms with Crippen molar-refractivity contribution in [3.8, 4) is 11.5 Å². The van der Waals surface area contributed by atoms with E-state index in [-0.39, 0.29) is 5.75 Å². The fourth-order valence-corrected chi connectivity index (χ4v) is 3.55. The zero-order valence-corrected chi connectivity index (χ0v) is 17.8. The SMILES string of the molecule is CCOc1cc(/C=N\NC(=O)CN(c2cccc(Cl)c2C)S(C)(=O)=O)ccc1O. The molecule has 0 saturated carbocycles. The molecular weight excluding hydrogens is 418 g/mol. The zero-order valence-electron chi connectivity index (χ0n) is 16.2. The number of amides is 1. The van der Waals surface area contributed by atoms with Gasteiger partial charge in [0, 0.05) is 5.02 Å². The Labute approximate surface area is 174 Å². The lowest BCUT2D eigenvalue weighted by atomic mass is 10.2. The number of nitrogens with zero attached hydrogens (tertiary/aromatic N) is 2. The van der Waals surface area contributed by atoms with Gasteiger partial charge in [-0.25, -0.2) is 13.8 Å². The molecule has 0 fully saturated rings. The van der Waals surface area contributed by atoms with E-state index >= 15 is 0 Å². The van der Waals surface area contributed by atoms with Gasteiger partial charge in [0.2, 0.25) is 10.0 Å². The van der Waals surface area contributed by atoms with Gasteiger partial charge in [-0.3, -0.25) is 9.10 Å². The maximum absolute atomic E-state index is 12.3. The number of carbonyl (C=O) groups is 1. The number of ether oxygens (including phenoxy) is 1. The predicted octanol–water partition coefficient (Wildman–Crippen LogP) is 2.67. The second kappa shape index (κ2) is 9.62. The summed E-state index contributed by atoms with van der Waals surface area (Å²) in [6.45, 7) is 3.38. The van der Waals surface area contributed by atoms with Gasteiger partial charge in [0.1, 0.15) is 6.54 Å². The van der Waals surface area contributed by atoms with Crippen LogP contribution in [-0.4, -0.2) is 45.1 Å². The van der Waals surface area contributed by atoms with Gasteiger partial charge < -0.3 is 9.84 Å². The number of phenolic OH excluding ortho intramolecular Hbond substituents is 1. The van der Waals surface area contributed by atoms with E-state index < -0.39 is 22.5 Å². The summed E-state index contributed by atoms with van der Waals surface area (Å²) in [6, 6.07) is 9.42. The van der Waals surface area contributed by atoms with Gasteiger partial charge in [0.15, 0.2) is 11.5 Å². The third-order valence-electron chi connectivity index (χ3n) is 3.88. The van der Waals surface area contributed by atoms with Crippen LogP contribution in [-0.2, 0) is 14.8 Å². The van der Waals surface area contributed by atoms with Crippen molar-refractivity contribution in [1.29, 1.82) is 0 Å². The Kier molecular flexibility index (Phi) is 7.46. The molecule has 2 rings (SSSR count). The Bertz CT molecular complexity index is 1020. The molecule has 0 aliphatic rings. The number of hydrogen-bond donors (Lipinski definition) is 2. The van der Waals surface area contributed by atoms with E-state index in [1.165, 1.54) is 12.3 Å². The van der Waals surface area contributed by atoms with E-state index in [4.69, 9.17) is 16.3 Å². The van der Waals surface area contributed by atoms with Gasteiger partial charge in [0.25, 0.3) is 5.91 Å². The van der Waals surface area contributed by atoms with Crippen molar-refractivity contribution < 1.29 is 23.1 Å². The number of hydrazone groups is 1. The Balaban J connectivity index is 2.12. The normalized spacial score (nSPS) is 11.4. The summed E-state index contributed by atoms with van der Waals surface area (Å²) < 4.78 is 30.6. The number of phenols is 1. The van der Waals surface area contributed by atoms with Crippen LogP contribution < -0.4 is 14.5 Å². The number of nitrogens with one attached hydrogen (secondary N) is 1. The highest BCUT2D eigenvalue weighted by Gasteiger charge is 2.23. The number of sulfonamides is 1. The first kappa shape index (κ1) is 22.5. The first-order valence-electron chi connectivity index (χ1n) is 8.64. The Morgan fingerprint density at radius 1 is 1.34 bits per heavy atom. The molecule has 0 aromatic heterocycles. The molecule has 0 aliphatic heterocycles. The zero-order chi connectivity index (χ0) is 21.6. The molecule has 0 spiro atoms. The lowest BCUT2D eigenvalue weighted by molar-refractivity contribution is -0.119. The van der Waals surface area contributed by atoms with Crippen LogP contribution in [0.3, 0.4) is 0 Å². The van der Waals surface area contributed by atoms with Crippen LogP contribution in [0.4, 0.5) is 5.69 Å². The van der Waals surface area contributed by atoms with Crippen LogP contribution in [0.1, 0.15) is 18.1 Å². The number of aromatic hydroxyl groups is 1. The fraction of sp³-hybridized carbons (Fsp3) is 0.263. The van der Waals surface area contributed by atoms with E-state index in [1.807, 2.05) is 0 Å². The molecule has 10 heteroatoms. The molecule has 0 bridgehead atoms. The third-order valence-corrected chi connectivity index (χ3v) is 5.42. The first-order valence-corrected chi connectivity index (χ1v) is 10.9. The number of hydrogen-bond acceptors (Lipinski definition) is 6. The van der Waals surface area contributed by atoms with Gasteiger partial charge in [0.05, 0.1) is 24.8 Å². The van der Waals surface area contributed by atoms with Crippen molar-refractivity contribution in [2.75, 3.05) is 23.7 Å². The average molecular weight is 440 g/mol. The minimum absolute atomic E-state index is 0.00581. The minimum Gasteiger partial charge on any atom is -0.504 e. The lowest BCUT2D eigenvalue weighted by Crippen LogP contribution is -2.39. The molecule has 0 saturated heterocycles. The summed E-state index contributed by atoms with van der Waals surface area (Å²) in [6.07, 6.45) is 2.37. The van der Waals surface area contributed by atoms with E-state index in [0.29, 0.717) is 34.2 Å². The van der Waals surface area contributed by atoms with Crippen LogP contribution in [0.5, 0.6) is 11.5 Å². The van der Waals surface area contributed by atoms with E-state index in [9.17, 15) is 18.3 Å². The van der Waals surface area contributed by atoms with Gasteiger partial charge in [-0.1, -0.05) is 17.7 Å². The predicted molar refractivity (Wildman–Crippen MR) is 113 cm³/mol. The van der Waals surface area contributed by atoms with Gasteiger partial charge in [-0.2, -0.15) is 5.10 Å². The second-order valence-electron chi connectivity index (χ2n) is 6.11. The lowest BCUT2D eigenvalue weighted by Gasteiger charge is -2.23. The summed E-state index contributed by atoms with van der Waals surface area (Å²) in [5.74, 6) is -0.342. The maximum atomic E-state index is 12.3. The number of benzene rings is 2. The van der Waals surface area contributed by atoms with Gasteiger partial charge >= 0.3 is 0 Å². The molecular formula is C19H22ClN3O5S. The molecule has 29 heavy (non-hydrogen) atoms. The topological polar surface area (TPSA) is 108 Å². The highest BCUT2D eigenvalue weighted by atomic mass is 35.5. The number of anilines is 1. The Morgan fingerprint density at radius 2 is 2.07 bits per heavy atom. The molecule has 2 aromatic carbocycles. The van der Waals surface area contributed by atoms with Gasteiger partial charge in [-0.15, -0.1) is 0 Å². The number of carbonyl (C=O) groups excluding carboxylic acids is 1. The van der Waals surface area contributed by atoms with E-state index in [2.05, 4.69) is 10.5 Å². The largest absolute Gasteiger partial charge is 0.504 e. The highest BCUT2D eigenvalue weighted by molar-refractivity contribution is 7.92. The molecule has 0 aliphatic carbocycles. The molecule has 2 aromatic rings. The molecule has 156 valence electrons. The molecule has 1 amide bonds. The van der Waals surface area contributed by atoms with Crippen LogP contribution in [0.2, 0.25) is 5.02 Å². The average Bonchev–Trinajstić information content (AvgIpc) is 2.64. The minimum atomic E-state index is -3.73. The van der Waals surface area contributed by atoms with Crippen molar-refractivity contribution in [2.45, 2.75) is 13.8 Å². The van der Waals surface area contributed by atoms with Crippen LogP contribution in [0.25, 0.3) is 0 Å². The number of halogens is 1. The van der Waals surface area contributed by atoms with Crippen molar-refractivity contribution in [1.82, 2.24) is 5.43 Å². The fourth-order valence-electron chi connectivity index (χ4n) is 2.47. The summed E-state index contributed by atoms with van der Waals surface area (Å²) in [7, 11) is -3.73. The Morgan fingerprint density at radius 3 is 2.72 bits per heavy atom. The van der Waals surface area contributed by atoms with Crippen molar-refractivity contribution in [2.24, 2.45) is 5.10 Å². The van der Waals surface area contributed by atoms with Crippen LogP contribution in [0.15, 0.2) is 41.5 Å².